The summed E-state index contributed by atoms with van der Waals surface area (Å²) in [5.41, 5.74) is 2.25. The van der Waals surface area contributed by atoms with Crippen molar-refractivity contribution in [1.29, 1.82) is 0 Å². The maximum Gasteiger partial charge on any atom is 0.124 e. The van der Waals surface area contributed by atoms with E-state index in [1.807, 2.05) is 6.07 Å². The van der Waals surface area contributed by atoms with Crippen molar-refractivity contribution in [3.8, 4) is 0 Å². The molecule has 1 fully saturated rings. The van der Waals surface area contributed by atoms with Crippen molar-refractivity contribution >= 4 is 11.6 Å². The number of rotatable bonds is 5. The van der Waals surface area contributed by atoms with E-state index >= 15 is 0 Å². The third-order valence-electron chi connectivity index (χ3n) is 4.11. The second-order valence-electron chi connectivity index (χ2n) is 5.78. The Bertz CT molecular complexity index is 610. The maximum absolute atomic E-state index is 13.2. The van der Waals surface area contributed by atoms with E-state index in [0.717, 1.165) is 5.56 Å². The van der Waals surface area contributed by atoms with Crippen LogP contribution in [0.4, 0.5) is 4.39 Å². The van der Waals surface area contributed by atoms with Gasteiger partial charge in [0, 0.05) is 17.1 Å². The van der Waals surface area contributed by atoms with Crippen LogP contribution in [0.3, 0.4) is 0 Å². The molecule has 1 N–H and O–H groups in total. The lowest BCUT2D eigenvalue weighted by Crippen LogP contribution is -2.26. The first-order valence-corrected chi connectivity index (χ1v) is 7.79. The monoisotopic (exact) mass is 303 g/mol. The topological polar surface area (TPSA) is 12.0 Å². The normalized spacial score (nSPS) is 17.5. The Balaban J connectivity index is 1.79. The molecule has 3 heteroatoms. The zero-order valence-electron chi connectivity index (χ0n) is 12.0. The fraction of sp³-hybridized carbons (Fsp3) is 0.333. The van der Waals surface area contributed by atoms with E-state index in [-0.39, 0.29) is 11.9 Å². The summed E-state index contributed by atoms with van der Waals surface area (Å²) in [5.74, 6) is 0.395. The average Bonchev–Trinajstić information content (AvgIpc) is 3.30. The molecule has 2 aromatic carbocycles. The molecule has 0 spiro atoms. The minimum Gasteiger partial charge on any atom is -0.303 e. The van der Waals surface area contributed by atoms with Gasteiger partial charge in [0.25, 0.3) is 0 Å². The molecule has 0 bridgehead atoms. The minimum absolute atomic E-state index is 0.0870. The summed E-state index contributed by atoms with van der Waals surface area (Å²) in [6.07, 6.45) is 2.52. The molecule has 0 saturated heterocycles. The third kappa shape index (κ3) is 3.45. The highest BCUT2D eigenvalue weighted by molar-refractivity contribution is 6.31. The zero-order valence-corrected chi connectivity index (χ0v) is 12.8. The van der Waals surface area contributed by atoms with Gasteiger partial charge in [-0.2, -0.15) is 0 Å². The second kappa shape index (κ2) is 6.17. The van der Waals surface area contributed by atoms with Crippen LogP contribution in [0.2, 0.25) is 5.02 Å². The lowest BCUT2D eigenvalue weighted by Gasteiger charge is -2.24. The molecule has 1 aliphatic carbocycles. The lowest BCUT2D eigenvalue weighted by atomic mass is 9.99. The van der Waals surface area contributed by atoms with Crippen LogP contribution < -0.4 is 5.32 Å². The Kier molecular flexibility index (Phi) is 4.27. The molecule has 1 aliphatic rings. The molecule has 0 amide bonds. The molecular weight excluding hydrogens is 285 g/mol. The number of hydrogen-bond acceptors (Lipinski definition) is 1. The van der Waals surface area contributed by atoms with Gasteiger partial charge in [-0.25, -0.2) is 4.39 Å². The molecule has 2 atom stereocenters. The van der Waals surface area contributed by atoms with Crippen molar-refractivity contribution in [2.45, 2.75) is 31.8 Å². The Labute approximate surface area is 130 Å². The number of benzene rings is 2. The van der Waals surface area contributed by atoms with Gasteiger partial charge >= 0.3 is 0 Å². The molecule has 0 radical (unpaired) electrons. The SMILES string of the molecule is CC(NC(c1ccccc1)C1CC1)c1ccc(F)cc1Cl. The van der Waals surface area contributed by atoms with E-state index in [0.29, 0.717) is 17.0 Å². The Morgan fingerprint density at radius 1 is 1.14 bits per heavy atom. The highest BCUT2D eigenvalue weighted by Gasteiger charge is 2.33. The van der Waals surface area contributed by atoms with E-state index < -0.39 is 0 Å². The summed E-state index contributed by atoms with van der Waals surface area (Å²) in [5, 5.41) is 4.15. The van der Waals surface area contributed by atoms with Gasteiger partial charge in [0.2, 0.25) is 0 Å². The molecule has 1 nitrogen and oxygen atoms in total. The van der Waals surface area contributed by atoms with Crippen molar-refractivity contribution in [2.24, 2.45) is 5.92 Å². The zero-order chi connectivity index (χ0) is 14.8. The van der Waals surface area contributed by atoms with Crippen molar-refractivity contribution in [2.75, 3.05) is 0 Å². The molecule has 2 unspecified atom stereocenters. The number of hydrogen-bond donors (Lipinski definition) is 1. The molecule has 1 saturated carbocycles. The van der Waals surface area contributed by atoms with Gasteiger partial charge < -0.3 is 5.32 Å². The van der Waals surface area contributed by atoms with Crippen molar-refractivity contribution < 1.29 is 4.39 Å². The predicted molar refractivity (Wildman–Crippen MR) is 84.9 cm³/mol. The smallest absolute Gasteiger partial charge is 0.124 e. The van der Waals surface area contributed by atoms with Gasteiger partial charge in [-0.05, 0) is 48.9 Å². The molecule has 3 rings (SSSR count). The summed E-state index contributed by atoms with van der Waals surface area (Å²) < 4.78 is 13.2. The van der Waals surface area contributed by atoms with Gasteiger partial charge in [0.15, 0.2) is 0 Å². The summed E-state index contributed by atoms with van der Waals surface area (Å²) in [6, 6.07) is 15.5. The van der Waals surface area contributed by atoms with Gasteiger partial charge in [0.1, 0.15) is 5.82 Å². The van der Waals surface area contributed by atoms with Crippen molar-refractivity contribution in [3.05, 3.63) is 70.5 Å². The molecule has 2 aromatic rings. The number of nitrogens with one attached hydrogen (secondary N) is 1. The molecule has 110 valence electrons. The fourth-order valence-corrected chi connectivity index (χ4v) is 3.14. The Morgan fingerprint density at radius 2 is 1.86 bits per heavy atom. The highest BCUT2D eigenvalue weighted by atomic mass is 35.5. The first kappa shape index (κ1) is 14.6. The van der Waals surface area contributed by atoms with Gasteiger partial charge in [-0.15, -0.1) is 0 Å². The maximum atomic E-state index is 13.2. The van der Waals surface area contributed by atoms with E-state index in [4.69, 9.17) is 11.6 Å². The Morgan fingerprint density at radius 3 is 2.48 bits per heavy atom. The molecular formula is C18H19ClFN. The van der Waals surface area contributed by atoms with Gasteiger partial charge in [-0.1, -0.05) is 48.0 Å². The summed E-state index contributed by atoms with van der Waals surface area (Å²) in [4.78, 5) is 0. The predicted octanol–water partition coefficient (Wildman–Crippen LogP) is 5.28. The van der Waals surface area contributed by atoms with Crippen molar-refractivity contribution in [3.63, 3.8) is 0 Å². The summed E-state index contributed by atoms with van der Waals surface area (Å²) >= 11 is 6.17. The first-order chi connectivity index (χ1) is 10.1. The fourth-order valence-electron chi connectivity index (χ4n) is 2.81. The quantitative estimate of drug-likeness (QED) is 0.792. The molecule has 21 heavy (non-hydrogen) atoms. The van der Waals surface area contributed by atoms with Crippen molar-refractivity contribution in [1.82, 2.24) is 5.32 Å². The second-order valence-corrected chi connectivity index (χ2v) is 6.19. The van der Waals surface area contributed by atoms with Gasteiger partial charge in [0.05, 0.1) is 0 Å². The first-order valence-electron chi connectivity index (χ1n) is 7.41. The van der Waals surface area contributed by atoms with Crippen LogP contribution in [0.15, 0.2) is 48.5 Å². The van der Waals surface area contributed by atoms with Crippen LogP contribution in [0.25, 0.3) is 0 Å². The van der Waals surface area contributed by atoms with E-state index in [1.54, 1.807) is 6.07 Å². The van der Waals surface area contributed by atoms with Crippen LogP contribution in [0, 0.1) is 11.7 Å². The lowest BCUT2D eigenvalue weighted by molar-refractivity contribution is 0.427. The third-order valence-corrected chi connectivity index (χ3v) is 4.44. The highest BCUT2D eigenvalue weighted by Crippen LogP contribution is 2.42. The van der Waals surface area contributed by atoms with Crippen LogP contribution in [-0.4, -0.2) is 0 Å². The van der Waals surface area contributed by atoms with E-state index in [9.17, 15) is 4.39 Å². The molecule has 0 heterocycles. The Hall–Kier alpha value is -1.38. The average molecular weight is 304 g/mol. The van der Waals surface area contributed by atoms with Crippen LogP contribution in [0.1, 0.15) is 43.0 Å². The molecule has 0 aliphatic heterocycles. The van der Waals surface area contributed by atoms with E-state index in [1.165, 1.54) is 30.5 Å². The van der Waals surface area contributed by atoms with Gasteiger partial charge in [-0.3, -0.25) is 0 Å². The minimum atomic E-state index is -0.294. The van der Waals surface area contributed by atoms with Crippen LogP contribution in [-0.2, 0) is 0 Å². The van der Waals surface area contributed by atoms with Crippen LogP contribution >= 0.6 is 11.6 Å². The number of halogens is 2. The summed E-state index contributed by atoms with van der Waals surface area (Å²) in [6.45, 7) is 2.08. The summed E-state index contributed by atoms with van der Waals surface area (Å²) in [7, 11) is 0. The molecule has 0 aromatic heterocycles. The standard InChI is InChI=1S/C18H19ClFN/c1-12(16-10-9-15(20)11-17(16)19)21-18(14-7-8-14)13-5-3-2-4-6-13/h2-6,9-12,14,18,21H,7-8H2,1H3. The van der Waals surface area contributed by atoms with E-state index in [2.05, 4.69) is 36.5 Å². The largest absolute Gasteiger partial charge is 0.303 e. The van der Waals surface area contributed by atoms with Crippen LogP contribution in [0.5, 0.6) is 0 Å².